The summed E-state index contributed by atoms with van der Waals surface area (Å²) >= 11 is 1.38. The van der Waals surface area contributed by atoms with Gasteiger partial charge in [-0.05, 0) is 69.3 Å². The number of thioether (sulfide) groups is 1. The smallest absolute Gasteiger partial charge is 0.266 e. The van der Waals surface area contributed by atoms with Crippen molar-refractivity contribution in [3.8, 4) is 11.5 Å². The van der Waals surface area contributed by atoms with Gasteiger partial charge in [-0.15, -0.1) is 0 Å². The molecule has 0 aliphatic carbocycles. The van der Waals surface area contributed by atoms with E-state index >= 15 is 0 Å². The summed E-state index contributed by atoms with van der Waals surface area (Å²) < 4.78 is 25.1. The molecule has 1 fully saturated rings. The number of rotatable bonds is 7. The predicted octanol–water partition coefficient (Wildman–Crippen LogP) is 5.50. The van der Waals surface area contributed by atoms with Crippen molar-refractivity contribution in [3.05, 3.63) is 64.3 Å². The van der Waals surface area contributed by atoms with Gasteiger partial charge in [0.1, 0.15) is 12.4 Å². The predicted molar refractivity (Wildman–Crippen MR) is 124 cm³/mol. The van der Waals surface area contributed by atoms with Crippen molar-refractivity contribution in [2.45, 2.75) is 46.4 Å². The molecule has 1 saturated heterocycles. The van der Waals surface area contributed by atoms with E-state index in [2.05, 4.69) is 4.99 Å². The minimum absolute atomic E-state index is 0.0205. The first-order valence-corrected chi connectivity index (χ1v) is 11.0. The maximum atomic E-state index is 13.8. The zero-order valence-corrected chi connectivity index (χ0v) is 19.2. The van der Waals surface area contributed by atoms with E-state index in [0.29, 0.717) is 22.0 Å². The summed E-state index contributed by atoms with van der Waals surface area (Å²) in [6.45, 7) is 8.02. The van der Waals surface area contributed by atoms with Gasteiger partial charge in [-0.1, -0.05) is 24.3 Å². The van der Waals surface area contributed by atoms with E-state index in [1.165, 1.54) is 17.8 Å². The Balaban J connectivity index is 1.83. The number of amides is 1. The third kappa shape index (κ3) is 5.47. The molecule has 7 heteroatoms. The first-order chi connectivity index (χ1) is 14.8. The topological polar surface area (TPSA) is 51.1 Å². The maximum Gasteiger partial charge on any atom is 0.266 e. The van der Waals surface area contributed by atoms with Crippen molar-refractivity contribution >= 4 is 28.9 Å². The minimum atomic E-state index is -0.312. The zero-order chi connectivity index (χ0) is 22.5. The van der Waals surface area contributed by atoms with E-state index in [9.17, 15) is 9.18 Å². The normalized spacial score (nSPS) is 16.8. The summed E-state index contributed by atoms with van der Waals surface area (Å²) in [4.78, 5) is 19.8. The molecule has 0 spiro atoms. The van der Waals surface area contributed by atoms with Gasteiger partial charge in [-0.2, -0.15) is 0 Å². The average molecular weight is 443 g/mol. The highest BCUT2D eigenvalue weighted by Gasteiger charge is 2.35. The number of nitrogens with zero attached hydrogens (tertiary/aromatic N) is 2. The number of carbonyl (C=O) groups is 1. The standard InChI is InChI=1S/C24H27FN2O3S/c1-15(2)26-24-27(16(3)4)23(28)22(31-24)13-17-10-11-20(21(12-17)29-5)30-14-18-8-6-7-9-19(18)25/h6-13,15-16H,14H2,1-5H3/b22-13+,26-24?. The van der Waals surface area contributed by atoms with Crippen LogP contribution in [0.1, 0.15) is 38.8 Å². The van der Waals surface area contributed by atoms with Crippen molar-refractivity contribution in [1.29, 1.82) is 0 Å². The highest BCUT2D eigenvalue weighted by molar-refractivity contribution is 8.18. The Labute approximate surface area is 187 Å². The molecule has 1 aliphatic rings. The van der Waals surface area contributed by atoms with Crippen molar-refractivity contribution < 1.29 is 18.7 Å². The van der Waals surface area contributed by atoms with E-state index in [-0.39, 0.29) is 30.4 Å². The molecule has 0 unspecified atom stereocenters. The van der Waals surface area contributed by atoms with Crippen LogP contribution in [0.15, 0.2) is 52.4 Å². The number of halogens is 1. The van der Waals surface area contributed by atoms with Crippen molar-refractivity contribution in [3.63, 3.8) is 0 Å². The van der Waals surface area contributed by atoms with Gasteiger partial charge in [-0.3, -0.25) is 14.7 Å². The lowest BCUT2D eigenvalue weighted by Crippen LogP contribution is -2.35. The summed E-state index contributed by atoms with van der Waals surface area (Å²) in [5.74, 6) is 0.647. The Morgan fingerprint density at radius 1 is 1.13 bits per heavy atom. The molecule has 1 heterocycles. The number of benzene rings is 2. The molecule has 3 rings (SSSR count). The highest BCUT2D eigenvalue weighted by Crippen LogP contribution is 2.36. The first kappa shape index (κ1) is 22.9. The molecule has 0 aromatic heterocycles. The van der Waals surface area contributed by atoms with Crippen LogP contribution in [-0.2, 0) is 11.4 Å². The molecule has 2 aromatic rings. The van der Waals surface area contributed by atoms with Crippen LogP contribution in [0.25, 0.3) is 6.08 Å². The largest absolute Gasteiger partial charge is 0.493 e. The summed E-state index contributed by atoms with van der Waals surface area (Å²) in [6, 6.07) is 12.0. The molecule has 2 aromatic carbocycles. The van der Waals surface area contributed by atoms with E-state index in [1.807, 2.05) is 39.8 Å². The molecule has 0 N–H and O–H groups in total. The maximum absolute atomic E-state index is 13.8. The van der Waals surface area contributed by atoms with Crippen LogP contribution in [-0.4, -0.2) is 35.2 Å². The minimum Gasteiger partial charge on any atom is -0.493 e. The summed E-state index contributed by atoms with van der Waals surface area (Å²) in [5.41, 5.74) is 1.27. The van der Waals surface area contributed by atoms with Gasteiger partial charge in [0.2, 0.25) is 0 Å². The quantitative estimate of drug-likeness (QED) is 0.531. The van der Waals surface area contributed by atoms with Gasteiger partial charge >= 0.3 is 0 Å². The van der Waals surface area contributed by atoms with Crippen LogP contribution < -0.4 is 9.47 Å². The molecule has 5 nitrogen and oxygen atoms in total. The molecule has 164 valence electrons. The fourth-order valence-corrected chi connectivity index (χ4v) is 4.30. The fourth-order valence-electron chi connectivity index (χ4n) is 3.07. The zero-order valence-electron chi connectivity index (χ0n) is 18.4. The summed E-state index contributed by atoms with van der Waals surface area (Å²) in [7, 11) is 1.55. The lowest BCUT2D eigenvalue weighted by molar-refractivity contribution is -0.123. The van der Waals surface area contributed by atoms with Crippen molar-refractivity contribution in [2.24, 2.45) is 4.99 Å². The van der Waals surface area contributed by atoms with E-state index in [0.717, 1.165) is 10.7 Å². The molecule has 1 aliphatic heterocycles. The number of ether oxygens (including phenoxy) is 2. The Kier molecular flexibility index (Phi) is 7.38. The van der Waals surface area contributed by atoms with Gasteiger partial charge in [-0.25, -0.2) is 4.39 Å². The van der Waals surface area contributed by atoms with Gasteiger partial charge in [0.25, 0.3) is 5.91 Å². The van der Waals surface area contributed by atoms with Crippen LogP contribution in [0.2, 0.25) is 0 Å². The Bertz CT molecular complexity index is 1020. The SMILES string of the molecule is COc1cc(/C=C2/SC(=NC(C)C)N(C(C)C)C2=O)ccc1OCc1ccccc1F. The van der Waals surface area contributed by atoms with Gasteiger partial charge in [0.15, 0.2) is 16.7 Å². The Hall–Kier alpha value is -2.80. The second-order valence-electron chi connectivity index (χ2n) is 7.68. The number of carbonyl (C=O) groups excluding carboxylic acids is 1. The Morgan fingerprint density at radius 3 is 2.52 bits per heavy atom. The molecule has 0 bridgehead atoms. The summed E-state index contributed by atoms with van der Waals surface area (Å²) in [6.07, 6.45) is 1.83. The monoisotopic (exact) mass is 442 g/mol. The van der Waals surface area contributed by atoms with Gasteiger partial charge in [0.05, 0.1) is 12.0 Å². The second-order valence-corrected chi connectivity index (χ2v) is 8.68. The fraction of sp³-hybridized carbons (Fsp3) is 0.333. The molecular formula is C24H27FN2O3S. The van der Waals surface area contributed by atoms with Crippen LogP contribution in [0.4, 0.5) is 4.39 Å². The summed E-state index contributed by atoms with van der Waals surface area (Å²) in [5, 5.41) is 0.720. The Morgan fingerprint density at radius 2 is 1.87 bits per heavy atom. The van der Waals surface area contributed by atoms with Crippen LogP contribution in [0.5, 0.6) is 11.5 Å². The van der Waals surface area contributed by atoms with Crippen LogP contribution >= 0.6 is 11.8 Å². The van der Waals surface area contributed by atoms with Gasteiger partial charge in [0, 0.05) is 17.6 Å². The third-order valence-electron chi connectivity index (χ3n) is 4.55. The molecule has 0 saturated carbocycles. The van der Waals surface area contributed by atoms with Crippen molar-refractivity contribution in [2.75, 3.05) is 7.11 Å². The first-order valence-electron chi connectivity index (χ1n) is 10.1. The highest BCUT2D eigenvalue weighted by atomic mass is 32.2. The van der Waals surface area contributed by atoms with Crippen LogP contribution in [0, 0.1) is 5.82 Å². The number of aliphatic imine (C=N–C) groups is 1. The number of methoxy groups -OCH3 is 1. The number of amidine groups is 1. The van der Waals surface area contributed by atoms with Crippen molar-refractivity contribution in [1.82, 2.24) is 4.90 Å². The van der Waals surface area contributed by atoms with E-state index in [4.69, 9.17) is 9.47 Å². The number of hydrogen-bond donors (Lipinski definition) is 0. The molecule has 1 amide bonds. The van der Waals surface area contributed by atoms with Gasteiger partial charge < -0.3 is 9.47 Å². The molecule has 31 heavy (non-hydrogen) atoms. The van der Waals surface area contributed by atoms with Crippen LogP contribution in [0.3, 0.4) is 0 Å². The number of hydrogen-bond acceptors (Lipinski definition) is 5. The molecule has 0 radical (unpaired) electrons. The third-order valence-corrected chi connectivity index (χ3v) is 5.55. The van der Waals surface area contributed by atoms with E-state index in [1.54, 1.807) is 42.3 Å². The molecule has 0 atom stereocenters. The van der Waals surface area contributed by atoms with E-state index < -0.39 is 0 Å². The lowest BCUT2D eigenvalue weighted by Gasteiger charge is -2.20. The molecular weight excluding hydrogens is 415 g/mol. The lowest BCUT2D eigenvalue weighted by atomic mass is 10.1. The second kappa shape index (κ2) is 10.0. The average Bonchev–Trinajstić information content (AvgIpc) is 3.02.